The maximum absolute atomic E-state index is 11.6. The number of aliphatic hydroxyl groups excluding tert-OH is 1. The Kier molecular flexibility index (Phi) is 4.99. The van der Waals surface area contributed by atoms with E-state index in [0.29, 0.717) is 6.42 Å². The highest BCUT2D eigenvalue weighted by atomic mass is 16.3. The van der Waals surface area contributed by atoms with Crippen LogP contribution in [0.3, 0.4) is 0 Å². The summed E-state index contributed by atoms with van der Waals surface area (Å²) >= 11 is 0. The van der Waals surface area contributed by atoms with Gasteiger partial charge in [-0.2, -0.15) is 0 Å². The summed E-state index contributed by atoms with van der Waals surface area (Å²) in [5.74, 6) is 0.0657. The van der Waals surface area contributed by atoms with Crippen molar-refractivity contribution in [3.8, 4) is 0 Å². The van der Waals surface area contributed by atoms with Crippen molar-refractivity contribution in [2.75, 3.05) is 6.61 Å². The molecule has 0 aromatic carbocycles. The molecule has 78 valence electrons. The Morgan fingerprint density at radius 1 is 1.54 bits per heavy atom. The molecule has 0 aromatic heterocycles. The summed E-state index contributed by atoms with van der Waals surface area (Å²) in [7, 11) is 0. The van der Waals surface area contributed by atoms with Crippen LogP contribution in [-0.4, -0.2) is 23.7 Å². The third-order valence-electron chi connectivity index (χ3n) is 2.44. The number of carbonyl (C=O) groups is 1. The number of carbonyl (C=O) groups excluding carboxylic acids is 1. The molecular weight excluding hydrogens is 166 g/mol. The van der Waals surface area contributed by atoms with E-state index in [1.807, 2.05) is 27.7 Å². The van der Waals surface area contributed by atoms with Crippen LogP contribution in [0.4, 0.5) is 0 Å². The largest absolute Gasteiger partial charge is 0.396 e. The quantitative estimate of drug-likeness (QED) is 0.681. The monoisotopic (exact) mass is 187 g/mol. The van der Waals surface area contributed by atoms with Gasteiger partial charge < -0.3 is 10.4 Å². The molecular formula is C10H21NO2. The van der Waals surface area contributed by atoms with E-state index in [0.717, 1.165) is 6.42 Å². The molecule has 0 aliphatic heterocycles. The van der Waals surface area contributed by atoms with Gasteiger partial charge >= 0.3 is 0 Å². The van der Waals surface area contributed by atoms with Crippen LogP contribution in [0, 0.1) is 5.41 Å². The molecule has 3 heteroatoms. The van der Waals surface area contributed by atoms with E-state index in [1.165, 1.54) is 0 Å². The molecule has 0 saturated carbocycles. The second kappa shape index (κ2) is 5.22. The van der Waals surface area contributed by atoms with Crippen LogP contribution < -0.4 is 5.32 Å². The molecule has 3 nitrogen and oxygen atoms in total. The SMILES string of the molecule is CCC(C)(C)C(=O)NC(C)CCO. The minimum atomic E-state index is -0.302. The molecule has 13 heavy (non-hydrogen) atoms. The summed E-state index contributed by atoms with van der Waals surface area (Å²) < 4.78 is 0. The molecule has 0 aromatic rings. The highest BCUT2D eigenvalue weighted by Gasteiger charge is 2.25. The fourth-order valence-corrected chi connectivity index (χ4v) is 0.846. The van der Waals surface area contributed by atoms with E-state index < -0.39 is 0 Å². The molecule has 0 aliphatic rings. The van der Waals surface area contributed by atoms with Crippen molar-refractivity contribution in [3.05, 3.63) is 0 Å². The van der Waals surface area contributed by atoms with Crippen molar-refractivity contribution >= 4 is 5.91 Å². The van der Waals surface area contributed by atoms with Crippen LogP contribution in [0.5, 0.6) is 0 Å². The lowest BCUT2D eigenvalue weighted by atomic mass is 9.89. The summed E-state index contributed by atoms with van der Waals surface area (Å²) in [6, 6.07) is 0.0586. The standard InChI is InChI=1S/C10H21NO2/c1-5-10(3,4)9(13)11-8(2)6-7-12/h8,12H,5-7H2,1-4H3,(H,11,13). The predicted molar refractivity (Wildman–Crippen MR) is 53.4 cm³/mol. The third-order valence-corrected chi connectivity index (χ3v) is 2.44. The summed E-state index contributed by atoms with van der Waals surface area (Å²) in [4.78, 5) is 11.6. The number of amides is 1. The van der Waals surface area contributed by atoms with Gasteiger partial charge in [-0.25, -0.2) is 0 Å². The first-order chi connectivity index (χ1) is 5.94. The van der Waals surface area contributed by atoms with Gasteiger partial charge in [0.15, 0.2) is 0 Å². The van der Waals surface area contributed by atoms with E-state index >= 15 is 0 Å². The Bertz CT molecular complexity index is 166. The maximum Gasteiger partial charge on any atom is 0.225 e. The fraction of sp³-hybridized carbons (Fsp3) is 0.900. The summed E-state index contributed by atoms with van der Waals surface area (Å²) in [5.41, 5.74) is -0.302. The first kappa shape index (κ1) is 12.4. The Morgan fingerprint density at radius 2 is 2.08 bits per heavy atom. The van der Waals surface area contributed by atoms with Gasteiger partial charge in [-0.05, 0) is 19.8 Å². The Morgan fingerprint density at radius 3 is 2.46 bits per heavy atom. The average molecular weight is 187 g/mol. The predicted octanol–water partition coefficient (Wildman–Crippen LogP) is 1.31. The van der Waals surface area contributed by atoms with Crippen LogP contribution in [0.25, 0.3) is 0 Å². The van der Waals surface area contributed by atoms with Crippen molar-refractivity contribution < 1.29 is 9.90 Å². The fourth-order valence-electron chi connectivity index (χ4n) is 0.846. The van der Waals surface area contributed by atoms with Gasteiger partial charge in [0, 0.05) is 18.1 Å². The zero-order valence-corrected chi connectivity index (χ0v) is 9.05. The topological polar surface area (TPSA) is 49.3 Å². The molecule has 1 amide bonds. The number of nitrogens with one attached hydrogen (secondary N) is 1. The molecule has 1 unspecified atom stereocenters. The highest BCUT2D eigenvalue weighted by Crippen LogP contribution is 2.19. The number of hydrogen-bond donors (Lipinski definition) is 2. The molecule has 0 saturated heterocycles. The van der Waals surface area contributed by atoms with E-state index in [9.17, 15) is 4.79 Å². The smallest absolute Gasteiger partial charge is 0.225 e. The van der Waals surface area contributed by atoms with Crippen molar-refractivity contribution in [3.63, 3.8) is 0 Å². The van der Waals surface area contributed by atoms with E-state index in [4.69, 9.17) is 5.11 Å². The number of hydrogen-bond acceptors (Lipinski definition) is 2. The van der Waals surface area contributed by atoms with Crippen molar-refractivity contribution in [2.24, 2.45) is 5.41 Å². The van der Waals surface area contributed by atoms with Crippen LogP contribution in [0.15, 0.2) is 0 Å². The van der Waals surface area contributed by atoms with Crippen LogP contribution >= 0.6 is 0 Å². The van der Waals surface area contributed by atoms with Gasteiger partial charge in [0.2, 0.25) is 5.91 Å². The zero-order chi connectivity index (χ0) is 10.5. The van der Waals surface area contributed by atoms with Crippen LogP contribution in [0.2, 0.25) is 0 Å². The molecule has 0 spiro atoms. The molecule has 0 fully saturated rings. The summed E-state index contributed by atoms with van der Waals surface area (Å²) in [6.45, 7) is 7.87. The van der Waals surface area contributed by atoms with Gasteiger partial charge in [-0.1, -0.05) is 20.8 Å². The Balaban J connectivity index is 3.99. The first-order valence-electron chi connectivity index (χ1n) is 4.86. The van der Waals surface area contributed by atoms with Crippen molar-refractivity contribution in [2.45, 2.75) is 46.6 Å². The average Bonchev–Trinajstić information content (AvgIpc) is 2.04. The lowest BCUT2D eigenvalue weighted by Gasteiger charge is -2.24. The minimum Gasteiger partial charge on any atom is -0.396 e. The normalized spacial score (nSPS) is 13.9. The Hall–Kier alpha value is -0.570. The van der Waals surface area contributed by atoms with Gasteiger partial charge in [-0.15, -0.1) is 0 Å². The van der Waals surface area contributed by atoms with Crippen LogP contribution in [0.1, 0.15) is 40.5 Å². The highest BCUT2D eigenvalue weighted by molar-refractivity contribution is 5.81. The van der Waals surface area contributed by atoms with Gasteiger partial charge in [0.05, 0.1) is 0 Å². The third kappa shape index (κ3) is 4.27. The maximum atomic E-state index is 11.6. The van der Waals surface area contributed by atoms with E-state index in [1.54, 1.807) is 0 Å². The lowest BCUT2D eigenvalue weighted by molar-refractivity contribution is -0.130. The molecule has 0 radical (unpaired) electrons. The van der Waals surface area contributed by atoms with Crippen LogP contribution in [-0.2, 0) is 4.79 Å². The molecule has 2 N–H and O–H groups in total. The number of rotatable bonds is 5. The molecule has 0 bridgehead atoms. The Labute approximate surface area is 80.5 Å². The second-order valence-corrected chi connectivity index (χ2v) is 4.12. The summed E-state index contributed by atoms with van der Waals surface area (Å²) in [5, 5.41) is 11.5. The van der Waals surface area contributed by atoms with Gasteiger partial charge in [0.25, 0.3) is 0 Å². The second-order valence-electron chi connectivity index (χ2n) is 4.12. The minimum absolute atomic E-state index is 0.0586. The lowest BCUT2D eigenvalue weighted by Crippen LogP contribution is -2.41. The molecule has 0 rings (SSSR count). The first-order valence-corrected chi connectivity index (χ1v) is 4.86. The van der Waals surface area contributed by atoms with Gasteiger partial charge in [0.1, 0.15) is 0 Å². The van der Waals surface area contributed by atoms with Crippen molar-refractivity contribution in [1.82, 2.24) is 5.32 Å². The van der Waals surface area contributed by atoms with Gasteiger partial charge in [-0.3, -0.25) is 4.79 Å². The number of aliphatic hydroxyl groups is 1. The van der Waals surface area contributed by atoms with E-state index in [2.05, 4.69) is 5.32 Å². The molecule has 1 atom stereocenters. The van der Waals surface area contributed by atoms with Crippen molar-refractivity contribution in [1.29, 1.82) is 0 Å². The molecule has 0 heterocycles. The molecule has 0 aliphatic carbocycles. The van der Waals surface area contributed by atoms with E-state index in [-0.39, 0.29) is 24.0 Å². The summed E-state index contributed by atoms with van der Waals surface area (Å²) in [6.07, 6.45) is 1.44. The zero-order valence-electron chi connectivity index (χ0n) is 9.05.